The predicted octanol–water partition coefficient (Wildman–Crippen LogP) is 5.39. The number of hydrogen-bond donors (Lipinski definition) is 2. The predicted molar refractivity (Wildman–Crippen MR) is 135 cm³/mol. The standard InChI is InChI=1S/C28H27ClFNO6/c1-28(34)14-36-27-18(28)13-21(31-26(27)16-3-7-20(30)19(29)11-16)23(33)9-8-22(32)15-4-10-24(25(12-15)35-2)37-17-5-6-17/h3-4,7,10-13,17,23,33-34H,5-6,8-9,14H2,1-2H3. The molecule has 3 aromatic rings. The first-order chi connectivity index (χ1) is 17.7. The first-order valence-electron chi connectivity index (χ1n) is 12.1. The summed E-state index contributed by atoms with van der Waals surface area (Å²) in [5.41, 5.74) is 0.668. The average Bonchev–Trinajstić information content (AvgIpc) is 3.65. The maximum atomic E-state index is 13.8. The topological polar surface area (TPSA) is 98.1 Å². The van der Waals surface area contributed by atoms with Gasteiger partial charge in [-0.05, 0) is 68.7 Å². The number of hydrogen-bond acceptors (Lipinski definition) is 7. The van der Waals surface area contributed by atoms with E-state index in [1.54, 1.807) is 31.2 Å². The number of carbonyl (C=O) groups is 1. The molecule has 9 heteroatoms. The monoisotopic (exact) mass is 527 g/mol. The number of nitrogens with zero attached hydrogens (tertiary/aromatic N) is 1. The van der Waals surface area contributed by atoms with Crippen LogP contribution in [0.4, 0.5) is 4.39 Å². The van der Waals surface area contributed by atoms with Crippen LogP contribution in [0, 0.1) is 5.82 Å². The molecule has 2 aromatic carbocycles. The van der Waals surface area contributed by atoms with Crippen molar-refractivity contribution in [3.63, 3.8) is 0 Å². The van der Waals surface area contributed by atoms with Crippen molar-refractivity contribution in [3.8, 4) is 28.5 Å². The van der Waals surface area contributed by atoms with Gasteiger partial charge in [0.25, 0.3) is 0 Å². The number of pyridine rings is 1. The molecule has 0 saturated heterocycles. The van der Waals surface area contributed by atoms with Gasteiger partial charge in [-0.15, -0.1) is 0 Å². The van der Waals surface area contributed by atoms with Gasteiger partial charge in [0.15, 0.2) is 23.0 Å². The second-order valence-corrected chi connectivity index (χ2v) is 10.0. The molecule has 7 nitrogen and oxygen atoms in total. The van der Waals surface area contributed by atoms with Crippen molar-refractivity contribution in [1.29, 1.82) is 0 Å². The number of rotatable bonds is 9. The maximum absolute atomic E-state index is 13.8. The van der Waals surface area contributed by atoms with E-state index in [1.165, 1.54) is 25.3 Å². The van der Waals surface area contributed by atoms with Crippen LogP contribution in [0.1, 0.15) is 60.3 Å². The molecule has 37 heavy (non-hydrogen) atoms. The number of aliphatic hydroxyl groups excluding tert-OH is 1. The second-order valence-electron chi connectivity index (χ2n) is 9.62. The summed E-state index contributed by atoms with van der Waals surface area (Å²) >= 11 is 5.98. The van der Waals surface area contributed by atoms with Gasteiger partial charge in [-0.25, -0.2) is 9.37 Å². The lowest BCUT2D eigenvalue weighted by Crippen LogP contribution is -2.22. The number of aromatic nitrogens is 1. The molecular formula is C28H27ClFNO6. The maximum Gasteiger partial charge on any atom is 0.163 e. The van der Waals surface area contributed by atoms with E-state index in [0.717, 1.165) is 12.8 Å². The summed E-state index contributed by atoms with van der Waals surface area (Å²) in [5, 5.41) is 21.7. The van der Waals surface area contributed by atoms with Gasteiger partial charge in [-0.2, -0.15) is 0 Å². The molecule has 0 bridgehead atoms. The van der Waals surface area contributed by atoms with E-state index in [1.807, 2.05) is 0 Å². The van der Waals surface area contributed by atoms with Crippen molar-refractivity contribution >= 4 is 17.4 Å². The fourth-order valence-corrected chi connectivity index (χ4v) is 4.44. The third-order valence-corrected chi connectivity index (χ3v) is 6.84. The van der Waals surface area contributed by atoms with Crippen molar-refractivity contribution in [1.82, 2.24) is 4.98 Å². The molecule has 2 unspecified atom stereocenters. The molecule has 1 aromatic heterocycles. The van der Waals surface area contributed by atoms with E-state index in [9.17, 15) is 19.4 Å². The Hall–Kier alpha value is -3.20. The van der Waals surface area contributed by atoms with Crippen LogP contribution >= 0.6 is 11.6 Å². The van der Waals surface area contributed by atoms with Gasteiger partial charge < -0.3 is 24.4 Å². The van der Waals surface area contributed by atoms with Gasteiger partial charge in [-0.1, -0.05) is 11.6 Å². The minimum Gasteiger partial charge on any atom is -0.493 e. The number of ketones is 1. The van der Waals surface area contributed by atoms with Crippen LogP contribution in [0.3, 0.4) is 0 Å². The first kappa shape index (κ1) is 25.4. The summed E-state index contributed by atoms with van der Waals surface area (Å²) in [7, 11) is 1.52. The number of benzene rings is 2. The molecule has 194 valence electrons. The largest absolute Gasteiger partial charge is 0.493 e. The molecule has 2 atom stereocenters. The van der Waals surface area contributed by atoms with E-state index in [-0.39, 0.29) is 42.1 Å². The Morgan fingerprint density at radius 2 is 2.03 bits per heavy atom. The van der Waals surface area contributed by atoms with E-state index in [4.69, 9.17) is 25.8 Å². The molecule has 5 rings (SSSR count). The Balaban J connectivity index is 1.37. The molecule has 2 heterocycles. The third-order valence-electron chi connectivity index (χ3n) is 6.55. The van der Waals surface area contributed by atoms with Crippen LogP contribution in [0.25, 0.3) is 11.3 Å². The van der Waals surface area contributed by atoms with Gasteiger partial charge in [-0.3, -0.25) is 4.79 Å². The van der Waals surface area contributed by atoms with Crippen molar-refractivity contribution < 1.29 is 33.6 Å². The lowest BCUT2D eigenvalue weighted by atomic mass is 9.94. The number of ether oxygens (including phenoxy) is 3. The molecule has 2 aliphatic rings. The van der Waals surface area contributed by atoms with Crippen LogP contribution in [-0.4, -0.2) is 40.8 Å². The number of halogens is 2. The van der Waals surface area contributed by atoms with Gasteiger partial charge in [0.2, 0.25) is 0 Å². The quantitative estimate of drug-likeness (QED) is 0.360. The first-order valence-corrected chi connectivity index (χ1v) is 12.5. The van der Waals surface area contributed by atoms with E-state index in [0.29, 0.717) is 39.6 Å². The summed E-state index contributed by atoms with van der Waals surface area (Å²) in [6, 6.07) is 10.8. The molecule has 0 radical (unpaired) electrons. The van der Waals surface area contributed by atoms with Crippen LogP contribution in [0.5, 0.6) is 17.2 Å². The van der Waals surface area contributed by atoms with Gasteiger partial charge in [0.05, 0.1) is 30.0 Å². The number of carbonyl (C=O) groups excluding carboxylic acids is 1. The van der Waals surface area contributed by atoms with Gasteiger partial charge in [0.1, 0.15) is 23.7 Å². The fraction of sp³-hybridized carbons (Fsp3) is 0.357. The van der Waals surface area contributed by atoms with Crippen LogP contribution in [-0.2, 0) is 5.60 Å². The summed E-state index contributed by atoms with van der Waals surface area (Å²) in [6.45, 7) is 1.61. The zero-order valence-electron chi connectivity index (χ0n) is 20.5. The van der Waals surface area contributed by atoms with Crippen LogP contribution in [0.15, 0.2) is 42.5 Å². The second kappa shape index (κ2) is 9.93. The molecule has 2 N–H and O–H groups in total. The third kappa shape index (κ3) is 5.28. The van der Waals surface area contributed by atoms with Crippen molar-refractivity contribution in [2.75, 3.05) is 13.7 Å². The highest BCUT2D eigenvalue weighted by molar-refractivity contribution is 6.31. The Morgan fingerprint density at radius 3 is 2.73 bits per heavy atom. The lowest BCUT2D eigenvalue weighted by molar-refractivity contribution is 0.0348. The Bertz CT molecular complexity index is 1360. The van der Waals surface area contributed by atoms with Crippen molar-refractivity contribution in [2.24, 2.45) is 0 Å². The van der Waals surface area contributed by atoms with Crippen LogP contribution < -0.4 is 14.2 Å². The van der Waals surface area contributed by atoms with Crippen molar-refractivity contribution in [2.45, 2.75) is 50.4 Å². The Labute approximate surface area is 218 Å². The SMILES string of the molecule is COc1cc(C(=O)CCC(O)c2cc3c(c(-c4ccc(F)c(Cl)c4)n2)OCC3(C)O)ccc1OC1CC1. The highest BCUT2D eigenvalue weighted by Gasteiger charge is 2.38. The molecular weight excluding hydrogens is 501 g/mol. The molecule has 1 fully saturated rings. The Morgan fingerprint density at radius 1 is 1.24 bits per heavy atom. The zero-order chi connectivity index (χ0) is 26.3. The van der Waals surface area contributed by atoms with E-state index < -0.39 is 17.5 Å². The van der Waals surface area contributed by atoms with E-state index in [2.05, 4.69) is 4.98 Å². The highest BCUT2D eigenvalue weighted by atomic mass is 35.5. The minimum absolute atomic E-state index is 0.00621. The number of aliphatic hydroxyl groups is 2. The number of Topliss-reactive ketones (excluding diaryl/α,β-unsaturated/α-hetero) is 1. The summed E-state index contributed by atoms with van der Waals surface area (Å²) in [6.07, 6.45) is 1.27. The summed E-state index contributed by atoms with van der Waals surface area (Å²) in [5.74, 6) is 0.696. The molecule has 1 aliphatic carbocycles. The van der Waals surface area contributed by atoms with Crippen molar-refractivity contribution in [3.05, 3.63) is 70.1 Å². The zero-order valence-corrected chi connectivity index (χ0v) is 21.2. The number of methoxy groups -OCH3 is 1. The Kier molecular flexibility index (Phi) is 6.83. The van der Waals surface area contributed by atoms with Crippen LogP contribution in [0.2, 0.25) is 5.02 Å². The van der Waals surface area contributed by atoms with Gasteiger partial charge in [0, 0.05) is 23.1 Å². The molecule has 0 amide bonds. The normalized spacial score (nSPS) is 19.2. The summed E-state index contributed by atoms with van der Waals surface area (Å²) < 4.78 is 30.7. The summed E-state index contributed by atoms with van der Waals surface area (Å²) in [4.78, 5) is 17.5. The minimum atomic E-state index is -1.30. The smallest absolute Gasteiger partial charge is 0.163 e. The van der Waals surface area contributed by atoms with E-state index >= 15 is 0 Å². The molecule has 1 saturated carbocycles. The number of fused-ring (bicyclic) bond motifs is 1. The molecule has 0 spiro atoms. The fourth-order valence-electron chi connectivity index (χ4n) is 4.26. The lowest BCUT2D eigenvalue weighted by Gasteiger charge is -2.18. The molecule has 1 aliphatic heterocycles. The highest BCUT2D eigenvalue weighted by Crippen LogP contribution is 2.44. The average molecular weight is 528 g/mol. The van der Waals surface area contributed by atoms with Gasteiger partial charge >= 0.3 is 0 Å².